The Balaban J connectivity index is 2.19. The molecule has 0 atom stereocenters. The summed E-state index contributed by atoms with van der Waals surface area (Å²) < 4.78 is 27.6. The van der Waals surface area contributed by atoms with Crippen molar-refractivity contribution < 1.29 is 8.42 Å². The number of nitrogens with zero attached hydrogens (tertiary/aromatic N) is 1. The summed E-state index contributed by atoms with van der Waals surface area (Å²) in [5.41, 5.74) is 1.15. The smallest absolute Gasteiger partial charge is 0.252 e. The number of rotatable bonds is 5. The molecule has 2 heterocycles. The highest BCUT2D eigenvalue weighted by molar-refractivity contribution is 7.91. The Kier molecular flexibility index (Phi) is 4.83. The summed E-state index contributed by atoms with van der Waals surface area (Å²) in [6.07, 6.45) is 0.929. The number of sulfonamides is 1. The molecule has 0 saturated carbocycles. The van der Waals surface area contributed by atoms with Gasteiger partial charge in [0.1, 0.15) is 4.21 Å². The Hall–Kier alpha value is -0.430. The van der Waals surface area contributed by atoms with Crippen LogP contribution in [0.25, 0.3) is 0 Å². The largest absolute Gasteiger partial charge is 0.310 e. The van der Waals surface area contributed by atoms with Crippen LogP contribution in [0.3, 0.4) is 0 Å². The fourth-order valence-electron chi connectivity index (χ4n) is 2.48. The number of nitrogens with one attached hydrogen (secondary N) is 1. The summed E-state index contributed by atoms with van der Waals surface area (Å²) in [6, 6.07) is 2.22. The van der Waals surface area contributed by atoms with Crippen LogP contribution in [0, 0.1) is 12.3 Å². The molecule has 0 amide bonds. The van der Waals surface area contributed by atoms with Crippen LogP contribution in [0.15, 0.2) is 10.3 Å². The Morgan fingerprint density at radius 3 is 2.62 bits per heavy atom. The van der Waals surface area contributed by atoms with Gasteiger partial charge in [-0.25, -0.2) is 8.42 Å². The molecule has 6 heteroatoms. The Bertz CT molecular complexity index is 603. The van der Waals surface area contributed by atoms with Crippen LogP contribution in [-0.2, 0) is 16.6 Å². The van der Waals surface area contributed by atoms with Crippen LogP contribution < -0.4 is 5.32 Å². The van der Waals surface area contributed by atoms with Crippen molar-refractivity contribution in [3.05, 3.63) is 16.5 Å². The predicted octanol–water partition coefficient (Wildman–Crippen LogP) is 2.98. The molecule has 0 radical (unpaired) electrons. The number of hydrogen-bond acceptors (Lipinski definition) is 4. The normalized spacial score (nSPS) is 19.5. The molecule has 21 heavy (non-hydrogen) atoms. The molecule has 0 bridgehead atoms. The van der Waals surface area contributed by atoms with Crippen LogP contribution in [0.2, 0.25) is 0 Å². The summed E-state index contributed by atoms with van der Waals surface area (Å²) in [5, 5.41) is 3.35. The first-order valence-electron chi connectivity index (χ1n) is 7.45. The van der Waals surface area contributed by atoms with E-state index in [4.69, 9.17) is 0 Å². The molecule has 1 N–H and O–H groups in total. The van der Waals surface area contributed by atoms with Gasteiger partial charge in [-0.1, -0.05) is 27.7 Å². The molecule has 1 fully saturated rings. The maximum atomic E-state index is 12.7. The molecule has 4 nitrogen and oxygen atoms in total. The first kappa shape index (κ1) is 16.9. The highest BCUT2D eigenvalue weighted by atomic mass is 32.2. The van der Waals surface area contributed by atoms with E-state index in [1.807, 2.05) is 13.0 Å². The summed E-state index contributed by atoms with van der Waals surface area (Å²) in [7, 11) is -3.33. The van der Waals surface area contributed by atoms with Gasteiger partial charge in [0.2, 0.25) is 0 Å². The van der Waals surface area contributed by atoms with Crippen LogP contribution >= 0.6 is 11.3 Å². The highest BCUT2D eigenvalue weighted by Crippen LogP contribution is 2.35. The van der Waals surface area contributed by atoms with Crippen molar-refractivity contribution in [1.82, 2.24) is 9.62 Å². The molecule has 0 aromatic carbocycles. The molecule has 2 rings (SSSR count). The minimum absolute atomic E-state index is 0.0847. The minimum atomic E-state index is -3.33. The maximum Gasteiger partial charge on any atom is 0.252 e. The SMILES string of the molecule is Cc1cc(S(=O)(=O)N2CCC(C)(C)C2)sc1CNC(C)C. The molecular weight excluding hydrogens is 304 g/mol. The molecule has 1 aliphatic heterocycles. The zero-order chi connectivity index (χ0) is 15.8. The zero-order valence-electron chi connectivity index (χ0n) is 13.6. The van der Waals surface area contributed by atoms with Crippen molar-refractivity contribution in [1.29, 1.82) is 0 Å². The van der Waals surface area contributed by atoms with E-state index in [-0.39, 0.29) is 5.41 Å². The fraction of sp³-hybridized carbons (Fsp3) is 0.733. The third-order valence-corrected chi connectivity index (χ3v) is 7.44. The average Bonchev–Trinajstić information content (AvgIpc) is 2.90. The lowest BCUT2D eigenvalue weighted by Gasteiger charge is -2.18. The Labute approximate surface area is 132 Å². The van der Waals surface area contributed by atoms with Crippen molar-refractivity contribution in [2.75, 3.05) is 13.1 Å². The Morgan fingerprint density at radius 2 is 2.10 bits per heavy atom. The second-order valence-electron chi connectivity index (χ2n) is 6.96. The minimum Gasteiger partial charge on any atom is -0.310 e. The standard InChI is InChI=1S/C15H26N2O2S2/c1-11(2)16-9-13-12(3)8-14(20-13)21(18,19)17-7-6-15(4,5)10-17/h8,11,16H,6-7,9-10H2,1-5H3. The first-order valence-corrected chi connectivity index (χ1v) is 9.70. The van der Waals surface area contributed by atoms with Gasteiger partial charge in [0, 0.05) is 30.6 Å². The number of hydrogen-bond donors (Lipinski definition) is 1. The second kappa shape index (κ2) is 5.99. The van der Waals surface area contributed by atoms with Gasteiger partial charge < -0.3 is 5.32 Å². The average molecular weight is 331 g/mol. The van der Waals surface area contributed by atoms with Crippen molar-refractivity contribution in [3.63, 3.8) is 0 Å². The molecule has 1 aromatic rings. The molecule has 0 aliphatic carbocycles. The van der Waals surface area contributed by atoms with E-state index in [9.17, 15) is 8.42 Å². The van der Waals surface area contributed by atoms with E-state index in [1.54, 1.807) is 4.31 Å². The van der Waals surface area contributed by atoms with Gasteiger partial charge in [-0.3, -0.25) is 0 Å². The fourth-order valence-corrected chi connectivity index (χ4v) is 5.81. The number of thiophene rings is 1. The van der Waals surface area contributed by atoms with E-state index in [1.165, 1.54) is 11.3 Å². The third kappa shape index (κ3) is 3.86. The van der Waals surface area contributed by atoms with Gasteiger partial charge in [0.05, 0.1) is 0 Å². The van der Waals surface area contributed by atoms with Gasteiger partial charge in [-0.05, 0) is 30.4 Å². The van der Waals surface area contributed by atoms with Gasteiger partial charge in [0.25, 0.3) is 10.0 Å². The van der Waals surface area contributed by atoms with Crippen molar-refractivity contribution in [2.45, 2.75) is 57.8 Å². The summed E-state index contributed by atoms with van der Waals surface area (Å²) in [4.78, 5) is 1.11. The summed E-state index contributed by atoms with van der Waals surface area (Å²) in [6.45, 7) is 12.4. The summed E-state index contributed by atoms with van der Waals surface area (Å²) in [5.74, 6) is 0. The van der Waals surface area contributed by atoms with Gasteiger partial charge in [-0.2, -0.15) is 4.31 Å². The molecule has 1 aromatic heterocycles. The van der Waals surface area contributed by atoms with Gasteiger partial charge in [-0.15, -0.1) is 11.3 Å². The van der Waals surface area contributed by atoms with Gasteiger partial charge in [0.15, 0.2) is 0 Å². The van der Waals surface area contributed by atoms with Crippen molar-refractivity contribution in [2.24, 2.45) is 5.41 Å². The zero-order valence-corrected chi connectivity index (χ0v) is 15.2. The number of aryl methyl sites for hydroxylation is 1. The van der Waals surface area contributed by atoms with Crippen LogP contribution in [0.1, 0.15) is 44.6 Å². The maximum absolute atomic E-state index is 12.7. The van der Waals surface area contributed by atoms with Crippen molar-refractivity contribution in [3.8, 4) is 0 Å². The van der Waals surface area contributed by atoms with Gasteiger partial charge >= 0.3 is 0 Å². The van der Waals surface area contributed by atoms with Crippen LogP contribution in [-0.4, -0.2) is 31.9 Å². The van der Waals surface area contributed by atoms with Crippen LogP contribution in [0.5, 0.6) is 0 Å². The molecule has 1 aliphatic rings. The molecule has 0 spiro atoms. The molecule has 120 valence electrons. The lowest BCUT2D eigenvalue weighted by Crippen LogP contribution is -2.29. The van der Waals surface area contributed by atoms with E-state index in [0.717, 1.165) is 23.4 Å². The third-order valence-electron chi connectivity index (χ3n) is 3.91. The van der Waals surface area contributed by atoms with E-state index < -0.39 is 10.0 Å². The van der Waals surface area contributed by atoms with Crippen molar-refractivity contribution >= 4 is 21.4 Å². The molecular formula is C15H26N2O2S2. The second-order valence-corrected chi connectivity index (χ2v) is 10.3. The van der Waals surface area contributed by atoms with E-state index >= 15 is 0 Å². The van der Waals surface area contributed by atoms with E-state index in [2.05, 4.69) is 33.0 Å². The Morgan fingerprint density at radius 1 is 1.43 bits per heavy atom. The van der Waals surface area contributed by atoms with E-state index in [0.29, 0.717) is 23.3 Å². The molecule has 1 saturated heterocycles. The molecule has 0 unspecified atom stereocenters. The lowest BCUT2D eigenvalue weighted by atomic mass is 9.93. The monoisotopic (exact) mass is 330 g/mol. The first-order chi connectivity index (χ1) is 9.62. The highest BCUT2D eigenvalue weighted by Gasteiger charge is 2.37. The lowest BCUT2D eigenvalue weighted by molar-refractivity contribution is 0.376. The summed E-state index contributed by atoms with van der Waals surface area (Å²) >= 11 is 1.40. The topological polar surface area (TPSA) is 49.4 Å². The van der Waals surface area contributed by atoms with Crippen LogP contribution in [0.4, 0.5) is 0 Å². The predicted molar refractivity (Wildman–Crippen MR) is 88.2 cm³/mol. The quantitative estimate of drug-likeness (QED) is 0.903.